The molecule has 1 N–H and O–H groups in total. The minimum atomic E-state index is -0.957. The van der Waals surface area contributed by atoms with Crippen molar-refractivity contribution in [3.63, 3.8) is 0 Å². The molecule has 4 amide bonds. The maximum atomic E-state index is 13.0. The van der Waals surface area contributed by atoms with Crippen LogP contribution >= 0.6 is 0 Å². The first kappa shape index (κ1) is 25.1. The Hall–Kier alpha value is -3.53. The van der Waals surface area contributed by atoms with Gasteiger partial charge in [-0.25, -0.2) is 0 Å². The molecule has 182 valence electrons. The van der Waals surface area contributed by atoms with E-state index in [4.69, 9.17) is 33.0 Å². The summed E-state index contributed by atoms with van der Waals surface area (Å²) < 4.78 is 11.2. The maximum absolute atomic E-state index is 13.0. The number of hydrogen-bond acceptors (Lipinski definition) is 6. The van der Waals surface area contributed by atoms with Gasteiger partial charge >= 0.3 is 0 Å². The molecule has 2 aromatic carbocycles. The fourth-order valence-corrected chi connectivity index (χ4v) is 4.91. The van der Waals surface area contributed by atoms with Gasteiger partial charge in [-0.2, -0.15) is 0 Å². The van der Waals surface area contributed by atoms with Crippen LogP contribution in [0.1, 0.15) is 51.8 Å². The topological polar surface area (TPSA) is 105 Å². The number of benzene rings is 2. The van der Waals surface area contributed by atoms with Crippen molar-refractivity contribution in [3.05, 3.63) is 58.7 Å². The second-order valence-corrected chi connectivity index (χ2v) is 9.19. The summed E-state index contributed by atoms with van der Waals surface area (Å²) in [5.41, 5.74) is 2.52. The van der Waals surface area contributed by atoms with Gasteiger partial charge in [0.2, 0.25) is 17.7 Å². The molecule has 0 aromatic heterocycles. The summed E-state index contributed by atoms with van der Waals surface area (Å²) in [6.45, 7) is 0.944. The highest BCUT2D eigenvalue weighted by Gasteiger charge is 2.40. The molecule has 3 aliphatic heterocycles. The Labute approximate surface area is 218 Å². The van der Waals surface area contributed by atoms with Crippen LogP contribution in [0.4, 0.5) is 0 Å². The molecular formula is C25H22B3N3O6. The summed E-state index contributed by atoms with van der Waals surface area (Å²) in [6, 6.07) is 8.46. The Morgan fingerprint density at radius 3 is 2.65 bits per heavy atom. The zero-order valence-corrected chi connectivity index (χ0v) is 20.0. The van der Waals surface area contributed by atoms with E-state index in [1.165, 1.54) is 9.80 Å². The van der Waals surface area contributed by atoms with E-state index in [0.717, 1.165) is 0 Å². The highest BCUT2D eigenvalue weighted by molar-refractivity contribution is 6.34. The summed E-state index contributed by atoms with van der Waals surface area (Å²) in [5.74, 6) is -1.61. The third-order valence-corrected chi connectivity index (χ3v) is 6.91. The lowest BCUT2D eigenvalue weighted by Gasteiger charge is -2.33. The van der Waals surface area contributed by atoms with Crippen LogP contribution in [0, 0.1) is 0 Å². The van der Waals surface area contributed by atoms with Gasteiger partial charge in [-0.1, -0.05) is 29.7 Å². The van der Waals surface area contributed by atoms with E-state index < -0.39 is 23.9 Å². The first-order valence-electron chi connectivity index (χ1n) is 12.0. The zero-order chi connectivity index (χ0) is 26.3. The third kappa shape index (κ3) is 4.77. The van der Waals surface area contributed by atoms with Gasteiger partial charge in [-0.3, -0.25) is 24.5 Å². The van der Waals surface area contributed by atoms with E-state index in [1.807, 2.05) is 0 Å². The van der Waals surface area contributed by atoms with E-state index in [-0.39, 0.29) is 43.7 Å². The van der Waals surface area contributed by atoms with Gasteiger partial charge in [0, 0.05) is 30.0 Å². The molecule has 2 fully saturated rings. The molecule has 3 heterocycles. The smallest absolute Gasteiger partial charge is 0.255 e. The predicted molar refractivity (Wildman–Crippen MR) is 134 cm³/mol. The average molecular weight is 493 g/mol. The Bertz CT molecular complexity index is 1290. The number of hydrogen-bond donors (Lipinski definition) is 1. The fourth-order valence-electron chi connectivity index (χ4n) is 4.91. The zero-order valence-electron chi connectivity index (χ0n) is 20.0. The van der Waals surface area contributed by atoms with Crippen molar-refractivity contribution in [2.45, 2.75) is 37.4 Å². The molecular weight excluding hydrogens is 471 g/mol. The van der Waals surface area contributed by atoms with Crippen molar-refractivity contribution in [1.82, 2.24) is 15.1 Å². The minimum Gasteiger partial charge on any atom is -0.496 e. The Morgan fingerprint density at radius 1 is 1.11 bits per heavy atom. The second-order valence-electron chi connectivity index (χ2n) is 9.19. The lowest BCUT2D eigenvalue weighted by Crippen LogP contribution is -2.52. The number of morpholine rings is 1. The number of amides is 4. The summed E-state index contributed by atoms with van der Waals surface area (Å²) in [5, 5.41) is 2.29. The molecule has 3 unspecified atom stereocenters. The van der Waals surface area contributed by atoms with Crippen molar-refractivity contribution < 1.29 is 28.7 Å². The largest absolute Gasteiger partial charge is 0.496 e. The lowest BCUT2D eigenvalue weighted by atomic mass is 9.77. The van der Waals surface area contributed by atoms with Crippen LogP contribution in [0.2, 0.25) is 0 Å². The molecule has 2 saturated heterocycles. The molecule has 0 spiro atoms. The van der Waals surface area contributed by atoms with E-state index in [1.54, 1.807) is 36.4 Å². The van der Waals surface area contributed by atoms with Crippen LogP contribution < -0.4 is 15.5 Å². The van der Waals surface area contributed by atoms with Gasteiger partial charge in [-0.05, 0) is 29.7 Å². The second kappa shape index (κ2) is 10.1. The van der Waals surface area contributed by atoms with Gasteiger partial charge in [-0.15, -0.1) is 0 Å². The van der Waals surface area contributed by atoms with Crippen molar-refractivity contribution in [2.75, 3.05) is 19.8 Å². The predicted octanol–water partition coefficient (Wildman–Crippen LogP) is -0.487. The molecule has 0 bridgehead atoms. The van der Waals surface area contributed by atoms with E-state index in [9.17, 15) is 19.2 Å². The average Bonchev–Trinajstić information content (AvgIpc) is 3.21. The first-order valence-corrected chi connectivity index (χ1v) is 12.0. The number of piperidine rings is 1. The van der Waals surface area contributed by atoms with Gasteiger partial charge in [0.25, 0.3) is 5.91 Å². The van der Waals surface area contributed by atoms with Crippen LogP contribution in [-0.4, -0.2) is 82.8 Å². The SMILES string of the molecule is [B]c1cc(C([B])N2CCOCC2=O)ccc1C([B])Oc1cccc2c1CN(C1CCC(=O)NC1=O)C2=O. The molecule has 2 aromatic rings. The minimum absolute atomic E-state index is 0.00908. The van der Waals surface area contributed by atoms with E-state index in [2.05, 4.69) is 5.32 Å². The van der Waals surface area contributed by atoms with Gasteiger partial charge in [0.1, 0.15) is 41.9 Å². The van der Waals surface area contributed by atoms with E-state index >= 15 is 0 Å². The van der Waals surface area contributed by atoms with Gasteiger partial charge in [0.05, 0.1) is 19.2 Å². The van der Waals surface area contributed by atoms with Crippen LogP contribution in [0.25, 0.3) is 0 Å². The van der Waals surface area contributed by atoms with Crippen molar-refractivity contribution in [2.24, 2.45) is 0 Å². The van der Waals surface area contributed by atoms with Crippen molar-refractivity contribution >= 4 is 52.6 Å². The van der Waals surface area contributed by atoms with Gasteiger partial charge < -0.3 is 19.3 Å². The monoisotopic (exact) mass is 493 g/mol. The molecule has 12 heteroatoms. The van der Waals surface area contributed by atoms with Crippen molar-refractivity contribution in [1.29, 1.82) is 0 Å². The molecule has 3 aliphatic rings. The number of nitrogens with one attached hydrogen (secondary N) is 1. The summed E-state index contributed by atoms with van der Waals surface area (Å²) >= 11 is 0. The number of rotatable bonds is 6. The lowest BCUT2D eigenvalue weighted by molar-refractivity contribution is -0.143. The molecule has 9 nitrogen and oxygen atoms in total. The number of carbonyl (C=O) groups is 4. The number of carbonyl (C=O) groups excluding carboxylic acids is 4. The van der Waals surface area contributed by atoms with Crippen LogP contribution in [0.3, 0.4) is 0 Å². The summed E-state index contributed by atoms with van der Waals surface area (Å²) in [4.78, 5) is 52.0. The molecule has 6 radical (unpaired) electrons. The molecule has 0 saturated carbocycles. The van der Waals surface area contributed by atoms with Crippen molar-refractivity contribution in [3.8, 4) is 5.75 Å². The standard InChI is InChI=1S/C25H22B3N3O6/c26-17-10-13(22(27)30-8-9-36-12-21(30)33)4-5-15(17)23(28)37-19-3-1-2-14-16(19)11-31(25(14)35)18-6-7-20(32)29-24(18)34/h1-5,10,18,22-23H,6-9,11-12H2,(H,29,32,34). The summed E-state index contributed by atoms with van der Waals surface area (Å²) in [7, 11) is 18.9. The van der Waals surface area contributed by atoms with Crippen LogP contribution in [0.15, 0.2) is 36.4 Å². The number of imide groups is 1. The Kier molecular flexibility index (Phi) is 6.85. The number of nitrogens with zero attached hydrogens (tertiary/aromatic N) is 2. The molecule has 5 rings (SSSR count). The van der Waals surface area contributed by atoms with Crippen LogP contribution in [0.5, 0.6) is 5.75 Å². The van der Waals surface area contributed by atoms with Gasteiger partial charge in [0.15, 0.2) is 0 Å². The Morgan fingerprint density at radius 2 is 1.92 bits per heavy atom. The normalized spacial score (nSPS) is 21.5. The number of fused-ring (bicyclic) bond motifs is 1. The Balaban J connectivity index is 1.32. The highest BCUT2D eigenvalue weighted by Crippen LogP contribution is 2.35. The molecule has 0 aliphatic carbocycles. The highest BCUT2D eigenvalue weighted by atomic mass is 16.5. The molecule has 3 atom stereocenters. The molecule has 37 heavy (non-hydrogen) atoms. The van der Waals surface area contributed by atoms with E-state index in [0.29, 0.717) is 46.6 Å². The first-order chi connectivity index (χ1) is 17.7. The quantitative estimate of drug-likeness (QED) is 0.431. The fraction of sp³-hybridized carbons (Fsp3) is 0.360. The third-order valence-electron chi connectivity index (χ3n) is 6.91. The maximum Gasteiger partial charge on any atom is 0.255 e. The number of ether oxygens (including phenoxy) is 2. The summed E-state index contributed by atoms with van der Waals surface area (Å²) in [6.07, 6.45) is 0.435. The van der Waals surface area contributed by atoms with Crippen LogP contribution in [-0.2, 0) is 25.7 Å².